The molecule has 0 amide bonds. The number of carbonyl (C=O) groups excluding carboxylic acids is 2. The fourth-order valence-corrected chi connectivity index (χ4v) is 1.61. The normalized spacial score (nSPS) is 12.4. The molecule has 0 saturated carbocycles. The Morgan fingerprint density at radius 1 is 1.29 bits per heavy atom. The highest BCUT2D eigenvalue weighted by molar-refractivity contribution is 5.91. The van der Waals surface area contributed by atoms with Crippen LogP contribution in [0.4, 0.5) is 0 Å². The average molecular weight is 292 g/mol. The molecule has 21 heavy (non-hydrogen) atoms. The van der Waals surface area contributed by atoms with Gasteiger partial charge in [-0.15, -0.1) is 0 Å². The van der Waals surface area contributed by atoms with Gasteiger partial charge < -0.3 is 14.6 Å². The quantitative estimate of drug-likeness (QED) is 0.681. The Kier molecular flexibility index (Phi) is 5.27. The van der Waals surface area contributed by atoms with Gasteiger partial charge in [-0.25, -0.2) is 9.59 Å². The first-order chi connectivity index (χ1) is 9.65. The van der Waals surface area contributed by atoms with Crippen LogP contribution in [-0.4, -0.2) is 29.8 Å². The van der Waals surface area contributed by atoms with E-state index >= 15 is 0 Å². The van der Waals surface area contributed by atoms with Gasteiger partial charge >= 0.3 is 11.9 Å². The highest BCUT2D eigenvalue weighted by Gasteiger charge is 2.24. The summed E-state index contributed by atoms with van der Waals surface area (Å²) < 4.78 is 9.76. The fourth-order valence-electron chi connectivity index (χ4n) is 1.61. The third-order valence-corrected chi connectivity index (χ3v) is 2.61. The van der Waals surface area contributed by atoms with Crippen molar-refractivity contribution >= 4 is 11.9 Å². The number of ether oxygens (including phenoxy) is 2. The number of esters is 2. The van der Waals surface area contributed by atoms with E-state index in [4.69, 9.17) is 4.74 Å². The molecule has 1 N–H and O–H groups in total. The van der Waals surface area contributed by atoms with Crippen molar-refractivity contribution < 1.29 is 24.2 Å². The molecule has 1 rings (SSSR count). The van der Waals surface area contributed by atoms with E-state index in [9.17, 15) is 14.7 Å². The van der Waals surface area contributed by atoms with Crippen molar-refractivity contribution in [2.75, 3.05) is 7.11 Å². The molecule has 0 aliphatic heterocycles. The molecule has 0 fully saturated rings. The van der Waals surface area contributed by atoms with E-state index < -0.39 is 23.6 Å². The summed E-state index contributed by atoms with van der Waals surface area (Å²) in [4.78, 5) is 23.3. The zero-order valence-corrected chi connectivity index (χ0v) is 12.7. The molecule has 0 aromatic heterocycles. The number of methoxy groups -OCH3 is 1. The number of carbonyl (C=O) groups is 2. The lowest BCUT2D eigenvalue weighted by Gasteiger charge is -2.22. The summed E-state index contributed by atoms with van der Waals surface area (Å²) in [6, 6.07) is 6.18. The van der Waals surface area contributed by atoms with Crippen LogP contribution in [0.2, 0.25) is 0 Å². The molecule has 1 aromatic carbocycles. The number of aliphatic hydroxyl groups excluding tert-OH is 1. The summed E-state index contributed by atoms with van der Waals surface area (Å²) in [7, 11) is 1.27. The third-order valence-electron chi connectivity index (χ3n) is 2.61. The highest BCUT2D eigenvalue weighted by atomic mass is 16.6. The second kappa shape index (κ2) is 6.54. The summed E-state index contributed by atoms with van der Waals surface area (Å²) in [5.41, 5.74) is -0.111. The smallest absolute Gasteiger partial charge is 0.337 e. The average Bonchev–Trinajstić information content (AvgIpc) is 2.43. The van der Waals surface area contributed by atoms with Gasteiger partial charge in [0.05, 0.1) is 18.2 Å². The second-order valence-corrected chi connectivity index (χ2v) is 5.55. The van der Waals surface area contributed by atoms with E-state index in [1.54, 1.807) is 39.0 Å². The van der Waals surface area contributed by atoms with E-state index in [-0.39, 0.29) is 11.1 Å². The Morgan fingerprint density at radius 3 is 2.43 bits per heavy atom. The van der Waals surface area contributed by atoms with Crippen LogP contribution < -0.4 is 0 Å². The van der Waals surface area contributed by atoms with Gasteiger partial charge in [0.25, 0.3) is 0 Å². The van der Waals surface area contributed by atoms with Gasteiger partial charge in [-0.1, -0.05) is 18.7 Å². The summed E-state index contributed by atoms with van der Waals surface area (Å²) >= 11 is 0. The molecule has 0 spiro atoms. The Labute approximate surface area is 124 Å². The standard InChI is InChI=1S/C16H20O5/c1-10(14(18)21-16(2,3)4)13(17)11-7-6-8-12(9-11)15(19)20-5/h6-9,13,17H,1H2,2-5H3. The lowest BCUT2D eigenvalue weighted by atomic mass is 10.0. The van der Waals surface area contributed by atoms with Crippen LogP contribution in [0.25, 0.3) is 0 Å². The molecule has 0 aliphatic carbocycles. The lowest BCUT2D eigenvalue weighted by molar-refractivity contribution is -0.151. The molecule has 1 unspecified atom stereocenters. The fraction of sp³-hybridized carbons (Fsp3) is 0.375. The molecule has 0 radical (unpaired) electrons. The number of hydrogen-bond acceptors (Lipinski definition) is 5. The minimum absolute atomic E-state index is 0.0908. The molecular weight excluding hydrogens is 272 g/mol. The van der Waals surface area contributed by atoms with Crippen molar-refractivity contribution in [2.45, 2.75) is 32.5 Å². The molecular formula is C16H20O5. The van der Waals surface area contributed by atoms with Crippen molar-refractivity contribution in [2.24, 2.45) is 0 Å². The van der Waals surface area contributed by atoms with Crippen molar-refractivity contribution in [3.05, 3.63) is 47.5 Å². The number of hydrogen-bond donors (Lipinski definition) is 1. The first-order valence-corrected chi connectivity index (χ1v) is 6.44. The molecule has 0 aliphatic rings. The Bertz CT molecular complexity index is 554. The summed E-state index contributed by atoms with van der Waals surface area (Å²) in [5.74, 6) is -1.20. The molecule has 0 bridgehead atoms. The molecule has 5 nitrogen and oxygen atoms in total. The first kappa shape index (κ1) is 16.9. The minimum atomic E-state index is -1.25. The SMILES string of the molecule is C=C(C(=O)OC(C)(C)C)C(O)c1cccc(C(=O)OC)c1. The lowest BCUT2D eigenvalue weighted by Crippen LogP contribution is -2.26. The molecule has 5 heteroatoms. The summed E-state index contributed by atoms with van der Waals surface area (Å²) in [6.45, 7) is 8.74. The van der Waals surface area contributed by atoms with E-state index in [0.29, 0.717) is 5.56 Å². The first-order valence-electron chi connectivity index (χ1n) is 6.44. The number of benzene rings is 1. The topological polar surface area (TPSA) is 72.8 Å². The Balaban J connectivity index is 2.93. The van der Waals surface area contributed by atoms with Gasteiger partial charge in [0.2, 0.25) is 0 Å². The van der Waals surface area contributed by atoms with E-state index in [1.165, 1.54) is 13.2 Å². The Hall–Kier alpha value is -2.14. The maximum Gasteiger partial charge on any atom is 0.337 e. The molecule has 114 valence electrons. The van der Waals surface area contributed by atoms with Crippen LogP contribution in [0.15, 0.2) is 36.4 Å². The van der Waals surface area contributed by atoms with E-state index in [1.807, 2.05) is 0 Å². The zero-order valence-electron chi connectivity index (χ0n) is 12.7. The molecule has 0 heterocycles. The second-order valence-electron chi connectivity index (χ2n) is 5.55. The van der Waals surface area contributed by atoms with Crippen LogP contribution >= 0.6 is 0 Å². The van der Waals surface area contributed by atoms with Crippen molar-refractivity contribution in [1.82, 2.24) is 0 Å². The van der Waals surface area contributed by atoms with Crippen molar-refractivity contribution in [1.29, 1.82) is 0 Å². The monoisotopic (exact) mass is 292 g/mol. The third kappa shape index (κ3) is 4.72. The maximum atomic E-state index is 11.9. The van der Waals surface area contributed by atoms with Crippen LogP contribution in [0.5, 0.6) is 0 Å². The summed E-state index contributed by atoms with van der Waals surface area (Å²) in [5, 5.41) is 10.2. The van der Waals surface area contributed by atoms with Crippen LogP contribution in [-0.2, 0) is 14.3 Å². The van der Waals surface area contributed by atoms with Crippen molar-refractivity contribution in [3.8, 4) is 0 Å². The largest absolute Gasteiger partial charge is 0.465 e. The summed E-state index contributed by atoms with van der Waals surface area (Å²) in [6.07, 6.45) is -1.25. The zero-order chi connectivity index (χ0) is 16.2. The van der Waals surface area contributed by atoms with Gasteiger partial charge in [0.1, 0.15) is 11.7 Å². The predicted molar refractivity (Wildman–Crippen MR) is 77.7 cm³/mol. The maximum absolute atomic E-state index is 11.9. The Morgan fingerprint density at radius 2 is 1.90 bits per heavy atom. The minimum Gasteiger partial charge on any atom is -0.465 e. The van der Waals surface area contributed by atoms with E-state index in [0.717, 1.165) is 0 Å². The van der Waals surface area contributed by atoms with Crippen LogP contribution in [0, 0.1) is 0 Å². The van der Waals surface area contributed by atoms with Gasteiger partial charge in [0.15, 0.2) is 0 Å². The van der Waals surface area contributed by atoms with Crippen LogP contribution in [0.1, 0.15) is 42.8 Å². The highest BCUT2D eigenvalue weighted by Crippen LogP contribution is 2.24. The van der Waals surface area contributed by atoms with E-state index in [2.05, 4.69) is 11.3 Å². The van der Waals surface area contributed by atoms with Gasteiger partial charge in [-0.05, 0) is 38.5 Å². The van der Waals surface area contributed by atoms with Gasteiger partial charge in [-0.2, -0.15) is 0 Å². The number of aliphatic hydroxyl groups is 1. The molecule has 0 saturated heterocycles. The molecule has 1 aromatic rings. The van der Waals surface area contributed by atoms with Gasteiger partial charge in [0, 0.05) is 0 Å². The molecule has 1 atom stereocenters. The predicted octanol–water partition coefficient (Wildman–Crippen LogP) is 2.40. The van der Waals surface area contributed by atoms with Crippen LogP contribution in [0.3, 0.4) is 0 Å². The van der Waals surface area contributed by atoms with Gasteiger partial charge in [-0.3, -0.25) is 0 Å². The van der Waals surface area contributed by atoms with Crippen molar-refractivity contribution in [3.63, 3.8) is 0 Å². The number of rotatable bonds is 4.